The highest BCUT2D eigenvalue weighted by atomic mass is 16.5. The van der Waals surface area contributed by atoms with Crippen LogP contribution in [0.25, 0.3) is 21.8 Å². The second-order valence-electron chi connectivity index (χ2n) is 7.40. The van der Waals surface area contributed by atoms with Crippen LogP contribution < -0.4 is 4.74 Å². The Hall–Kier alpha value is -2.26. The Morgan fingerprint density at radius 2 is 1.84 bits per heavy atom. The van der Waals surface area contributed by atoms with Crippen molar-refractivity contribution >= 4 is 21.8 Å². The Bertz CT molecular complexity index is 961. The van der Waals surface area contributed by atoms with Crippen molar-refractivity contribution in [2.75, 3.05) is 26.2 Å². The Balaban J connectivity index is 1.38. The molecule has 6 rings (SSSR count). The first-order valence-electron chi connectivity index (χ1n) is 9.31. The van der Waals surface area contributed by atoms with Gasteiger partial charge in [0.1, 0.15) is 12.4 Å². The van der Waals surface area contributed by atoms with Gasteiger partial charge in [0.15, 0.2) is 0 Å². The molecule has 128 valence electrons. The lowest BCUT2D eigenvalue weighted by Gasteiger charge is -2.41. The summed E-state index contributed by atoms with van der Waals surface area (Å²) in [6.07, 6.45) is 4.98. The monoisotopic (exact) mass is 332 g/mol. The molecule has 3 aromatic rings. The first kappa shape index (κ1) is 15.0. The van der Waals surface area contributed by atoms with Crippen molar-refractivity contribution in [1.29, 1.82) is 0 Å². The number of aromatic nitrogens is 1. The fourth-order valence-electron chi connectivity index (χ4n) is 4.56. The maximum absolute atomic E-state index is 6.07. The van der Waals surface area contributed by atoms with E-state index in [1.54, 1.807) is 5.57 Å². The van der Waals surface area contributed by atoms with Crippen LogP contribution in [-0.2, 0) is 7.05 Å². The quantitative estimate of drug-likeness (QED) is 0.663. The number of aryl methyl sites for hydroxylation is 1. The van der Waals surface area contributed by atoms with Crippen molar-refractivity contribution in [3.05, 3.63) is 54.1 Å². The number of hydrogen-bond donors (Lipinski definition) is 0. The van der Waals surface area contributed by atoms with Crippen molar-refractivity contribution < 1.29 is 4.74 Å². The number of hydrogen-bond acceptors (Lipinski definition) is 2. The minimum Gasteiger partial charge on any atom is -0.489 e. The van der Waals surface area contributed by atoms with Crippen LogP contribution >= 0.6 is 0 Å². The van der Waals surface area contributed by atoms with Gasteiger partial charge >= 0.3 is 0 Å². The summed E-state index contributed by atoms with van der Waals surface area (Å²) >= 11 is 0. The van der Waals surface area contributed by atoms with E-state index in [4.69, 9.17) is 4.74 Å². The first-order chi connectivity index (χ1) is 12.3. The molecular weight excluding hydrogens is 308 g/mol. The molecule has 0 N–H and O–H groups in total. The lowest BCUT2D eigenvalue weighted by Crippen LogP contribution is -2.43. The van der Waals surface area contributed by atoms with Gasteiger partial charge in [-0.25, -0.2) is 0 Å². The molecule has 0 radical (unpaired) electrons. The van der Waals surface area contributed by atoms with Gasteiger partial charge in [-0.2, -0.15) is 0 Å². The van der Waals surface area contributed by atoms with E-state index in [-0.39, 0.29) is 0 Å². The van der Waals surface area contributed by atoms with E-state index in [0.29, 0.717) is 6.61 Å². The molecule has 4 heterocycles. The molecule has 3 aliphatic heterocycles. The maximum atomic E-state index is 6.07. The molecule has 3 aliphatic rings. The van der Waals surface area contributed by atoms with Gasteiger partial charge in [-0.15, -0.1) is 0 Å². The average Bonchev–Trinajstić information content (AvgIpc) is 2.95. The number of nitrogens with zero attached hydrogens (tertiary/aromatic N) is 2. The van der Waals surface area contributed by atoms with Crippen molar-refractivity contribution in [3.8, 4) is 5.75 Å². The molecule has 0 spiro atoms. The zero-order valence-corrected chi connectivity index (χ0v) is 14.7. The Morgan fingerprint density at radius 3 is 2.64 bits per heavy atom. The van der Waals surface area contributed by atoms with E-state index in [0.717, 1.165) is 18.2 Å². The fraction of sp³-hybridized carbons (Fsp3) is 0.364. The molecule has 3 heteroatoms. The normalized spacial score (nSPS) is 24.4. The third-order valence-corrected chi connectivity index (χ3v) is 6.00. The molecule has 3 nitrogen and oxygen atoms in total. The summed E-state index contributed by atoms with van der Waals surface area (Å²) in [6.45, 7) is 4.38. The van der Waals surface area contributed by atoms with Crippen molar-refractivity contribution in [3.63, 3.8) is 0 Å². The lowest BCUT2D eigenvalue weighted by atomic mass is 9.84. The fourth-order valence-corrected chi connectivity index (χ4v) is 4.56. The van der Waals surface area contributed by atoms with E-state index in [2.05, 4.69) is 65.1 Å². The molecule has 0 saturated carbocycles. The number of ether oxygens (including phenoxy) is 1. The topological polar surface area (TPSA) is 17.4 Å². The van der Waals surface area contributed by atoms with E-state index in [1.165, 1.54) is 47.7 Å². The molecule has 1 aromatic heterocycles. The average molecular weight is 332 g/mol. The van der Waals surface area contributed by atoms with Gasteiger partial charge in [0.2, 0.25) is 0 Å². The van der Waals surface area contributed by atoms with Crippen molar-refractivity contribution in [2.45, 2.75) is 12.8 Å². The van der Waals surface area contributed by atoms with Crippen molar-refractivity contribution in [2.24, 2.45) is 13.0 Å². The molecule has 0 amide bonds. The first-order valence-corrected chi connectivity index (χ1v) is 9.31. The molecule has 3 saturated heterocycles. The van der Waals surface area contributed by atoms with E-state index < -0.39 is 0 Å². The second kappa shape index (κ2) is 5.92. The SMILES string of the molecule is Cn1c2ccccc2c2ccc(OCC=C3CN4CCC3CC4)cc21. The van der Waals surface area contributed by atoms with Crippen LogP contribution in [0.5, 0.6) is 5.75 Å². The minimum atomic E-state index is 0.676. The maximum Gasteiger partial charge on any atom is 0.121 e. The van der Waals surface area contributed by atoms with Crippen LogP contribution in [0.15, 0.2) is 54.1 Å². The molecule has 25 heavy (non-hydrogen) atoms. The zero-order valence-electron chi connectivity index (χ0n) is 14.7. The standard InChI is InChI=1S/C22H24N2O/c1-23-21-5-3-2-4-19(21)20-7-6-18(14-22(20)23)25-13-10-17-15-24-11-8-16(17)9-12-24/h2-7,10,14,16H,8-9,11-13,15H2,1H3. The number of rotatable bonds is 3. The Labute approximate surface area is 148 Å². The van der Waals surface area contributed by atoms with Crippen LogP contribution in [-0.4, -0.2) is 35.7 Å². The summed E-state index contributed by atoms with van der Waals surface area (Å²) in [6, 6.07) is 15.0. The summed E-state index contributed by atoms with van der Waals surface area (Å²) in [5.41, 5.74) is 4.08. The van der Waals surface area contributed by atoms with Gasteiger partial charge in [-0.3, -0.25) is 4.90 Å². The predicted octanol–water partition coefficient (Wildman–Crippen LogP) is 4.36. The van der Waals surface area contributed by atoms with Crippen LogP contribution in [0, 0.1) is 5.92 Å². The highest BCUT2D eigenvalue weighted by Crippen LogP contribution is 2.32. The Kier molecular flexibility index (Phi) is 3.56. The van der Waals surface area contributed by atoms with Gasteiger partial charge in [-0.1, -0.05) is 23.8 Å². The molecule has 2 aromatic carbocycles. The Morgan fingerprint density at radius 1 is 1.04 bits per heavy atom. The van der Waals surface area contributed by atoms with Gasteiger partial charge < -0.3 is 9.30 Å². The van der Waals surface area contributed by atoms with Crippen LogP contribution in [0.4, 0.5) is 0 Å². The van der Waals surface area contributed by atoms with Gasteiger partial charge in [0.25, 0.3) is 0 Å². The van der Waals surface area contributed by atoms with E-state index in [1.807, 2.05) is 0 Å². The molecule has 3 fully saturated rings. The number of fused-ring (bicyclic) bond motifs is 6. The third kappa shape index (κ3) is 2.54. The van der Waals surface area contributed by atoms with Gasteiger partial charge in [0, 0.05) is 35.9 Å². The summed E-state index contributed by atoms with van der Waals surface area (Å²) in [4.78, 5) is 2.56. The molecular formula is C22H24N2O. The summed E-state index contributed by atoms with van der Waals surface area (Å²) in [5.74, 6) is 1.76. The van der Waals surface area contributed by atoms with E-state index >= 15 is 0 Å². The van der Waals surface area contributed by atoms with Gasteiger partial charge in [0.05, 0.1) is 5.52 Å². The largest absolute Gasteiger partial charge is 0.489 e. The highest BCUT2D eigenvalue weighted by Gasteiger charge is 2.28. The molecule has 0 atom stereocenters. The van der Waals surface area contributed by atoms with Crippen LogP contribution in [0.2, 0.25) is 0 Å². The zero-order chi connectivity index (χ0) is 16.8. The smallest absolute Gasteiger partial charge is 0.121 e. The van der Waals surface area contributed by atoms with Crippen molar-refractivity contribution in [1.82, 2.24) is 9.47 Å². The summed E-state index contributed by atoms with van der Waals surface area (Å²) in [7, 11) is 2.13. The second-order valence-corrected chi connectivity index (χ2v) is 7.40. The minimum absolute atomic E-state index is 0.676. The number of piperidine rings is 3. The summed E-state index contributed by atoms with van der Waals surface area (Å²) in [5, 5.41) is 2.60. The molecule has 2 bridgehead atoms. The molecule has 0 unspecified atom stereocenters. The lowest BCUT2D eigenvalue weighted by molar-refractivity contribution is 0.160. The summed E-state index contributed by atoms with van der Waals surface area (Å²) < 4.78 is 8.32. The third-order valence-electron chi connectivity index (χ3n) is 6.00. The van der Waals surface area contributed by atoms with Crippen LogP contribution in [0.1, 0.15) is 12.8 Å². The highest BCUT2D eigenvalue weighted by molar-refractivity contribution is 6.08. The van der Waals surface area contributed by atoms with Crippen LogP contribution in [0.3, 0.4) is 0 Å². The van der Waals surface area contributed by atoms with E-state index in [9.17, 15) is 0 Å². The molecule has 0 aliphatic carbocycles. The number of para-hydroxylation sites is 1. The van der Waals surface area contributed by atoms with Gasteiger partial charge in [-0.05, 0) is 56.1 Å². The number of benzene rings is 2. The predicted molar refractivity (Wildman–Crippen MR) is 103 cm³/mol.